The van der Waals surface area contributed by atoms with Gasteiger partial charge in [0.05, 0.1) is 43.7 Å². The Morgan fingerprint density at radius 2 is 1.61 bits per heavy atom. The number of aliphatic hydroxyl groups is 4. The molecule has 0 unspecified atom stereocenters. The number of aliphatic hydroxyl groups excluding tert-OH is 3. The van der Waals surface area contributed by atoms with Crippen LogP contribution in [0, 0.1) is 47.3 Å². The Morgan fingerprint density at radius 1 is 0.861 bits per heavy atom. The number of amides is 1. The zero-order valence-electron chi connectivity index (χ0n) is 45.0. The fourth-order valence-corrected chi connectivity index (χ4v) is 10.9. The van der Waals surface area contributed by atoms with Crippen LogP contribution in [-0.2, 0) is 47.6 Å². The molecule has 0 aromatic rings. The summed E-state index contributed by atoms with van der Waals surface area (Å²) in [5, 5.41) is 45.0. The molecule has 3 aliphatic heterocycles. The third kappa shape index (κ3) is 17.2. The second-order valence-corrected chi connectivity index (χ2v) is 21.1. The van der Waals surface area contributed by atoms with E-state index < -0.39 is 83.9 Å². The van der Waals surface area contributed by atoms with E-state index in [2.05, 4.69) is 11.8 Å². The minimum Gasteiger partial charge on any atom is -0.460 e. The summed E-state index contributed by atoms with van der Waals surface area (Å²) in [6, 6.07) is -1.13. The van der Waals surface area contributed by atoms with Crippen molar-refractivity contribution in [1.29, 1.82) is 0 Å². The predicted molar refractivity (Wildman–Crippen MR) is 274 cm³/mol. The molecular weight excluding hydrogens is 923 g/mol. The summed E-state index contributed by atoms with van der Waals surface area (Å²) in [7, 11) is 3.04. The van der Waals surface area contributed by atoms with Gasteiger partial charge in [-0.05, 0) is 107 Å². The van der Waals surface area contributed by atoms with Gasteiger partial charge >= 0.3 is 5.97 Å². The Kier molecular flexibility index (Phi) is 25.5. The molecular formula is C57H89NO14. The SMILES string of the molecule is CCC#CCO[C@H]1C[C@@H]2CC[C@@H](C)[C@@](O)(O2)C(=O)C(=O)N2CCCC[C@H]2C(=O)O[C@H]([C@H](C)C[C@H]2CC[C@@H](OCCO)[C@H](OC)C2)C[C@H](O)[C@H](C)/C=C(\C)[C@@H](O)[C@@H](OC)C(=O)[C@H](C)C[C@@H](C)\C=C/C=C/C=C/1C. The number of carbonyl (C=O) groups excluding carboxylic acids is 4. The second-order valence-electron chi connectivity index (χ2n) is 21.1. The van der Waals surface area contributed by atoms with Crippen molar-refractivity contribution < 1.29 is 68.0 Å². The Labute approximate surface area is 430 Å². The van der Waals surface area contributed by atoms with Gasteiger partial charge in [0, 0.05) is 57.8 Å². The summed E-state index contributed by atoms with van der Waals surface area (Å²) >= 11 is 0. The smallest absolute Gasteiger partial charge is 0.329 e. The van der Waals surface area contributed by atoms with E-state index in [0.29, 0.717) is 63.4 Å². The number of rotatable bonds is 10. The Morgan fingerprint density at radius 3 is 2.31 bits per heavy atom. The summed E-state index contributed by atoms with van der Waals surface area (Å²) in [5.74, 6) is -1.36. The number of cyclic esters (lactones) is 1. The molecule has 0 aromatic carbocycles. The molecule has 1 saturated carbocycles. The minimum atomic E-state index is -2.46. The molecule has 2 saturated heterocycles. The molecule has 0 aromatic heterocycles. The number of ketones is 2. The third-order valence-electron chi connectivity index (χ3n) is 15.4. The number of hydrogen-bond acceptors (Lipinski definition) is 14. The number of Topliss-reactive ketones (excluding diaryl/α,β-unsaturated/α-hetero) is 2. The molecule has 3 heterocycles. The first kappa shape index (κ1) is 61.0. The zero-order chi connectivity index (χ0) is 53.1. The standard InChI is InChI=1S/C57H89NO14/c1-11-12-18-28-69-48-34-44-24-22-42(8)57(66,72-44)54(63)55(64)58-26-17-16-21-45(58)56(65)71-49(39(5)32-43-23-25-47(70-29-27-59)50(33-43)67-9)35-46(60)38(4)31-41(7)52(62)53(68-10)51(61)40(6)30-36(2)19-14-13-15-20-37(48)3/h13-15,19-20,31,36,38-40,42-50,52-53,59-60,62,66H,11,16-17,21-30,32-35H2,1-10H3/b15-13+,19-14-,37-20+,41-31+/t36-,38+,39+,40+,42+,43+,44-,45-,46-,47+,48-,49-,50+,52+,53-,57+/m0/s1. The van der Waals surface area contributed by atoms with E-state index in [1.54, 1.807) is 34.0 Å². The highest BCUT2D eigenvalue weighted by Gasteiger charge is 2.53. The van der Waals surface area contributed by atoms with Gasteiger partial charge < -0.3 is 53.7 Å². The summed E-state index contributed by atoms with van der Waals surface area (Å²) in [4.78, 5) is 58.5. The Balaban J connectivity index is 1.72. The van der Waals surface area contributed by atoms with Crippen molar-refractivity contribution in [2.75, 3.05) is 40.6 Å². The monoisotopic (exact) mass is 1010 g/mol. The third-order valence-corrected chi connectivity index (χ3v) is 15.4. The van der Waals surface area contributed by atoms with Gasteiger partial charge in [-0.3, -0.25) is 14.4 Å². The van der Waals surface area contributed by atoms with Crippen LogP contribution in [0.2, 0.25) is 0 Å². The minimum absolute atomic E-state index is 0.0103. The van der Waals surface area contributed by atoms with E-state index in [4.69, 9.17) is 28.4 Å². The lowest BCUT2D eigenvalue weighted by Gasteiger charge is -2.43. The zero-order valence-corrected chi connectivity index (χ0v) is 45.0. The summed E-state index contributed by atoms with van der Waals surface area (Å²) < 4.78 is 36.3. The molecule has 16 atom stereocenters. The van der Waals surface area contributed by atoms with Gasteiger partial charge in [0.1, 0.15) is 31.0 Å². The van der Waals surface area contributed by atoms with Crippen LogP contribution in [0.5, 0.6) is 0 Å². The van der Waals surface area contributed by atoms with Crippen molar-refractivity contribution in [3.8, 4) is 11.8 Å². The van der Waals surface area contributed by atoms with E-state index in [9.17, 15) is 39.6 Å². The lowest BCUT2D eigenvalue weighted by Crippen LogP contribution is -2.61. The molecule has 4 aliphatic rings. The van der Waals surface area contributed by atoms with E-state index >= 15 is 0 Å². The van der Waals surface area contributed by atoms with Crippen LogP contribution in [0.15, 0.2) is 47.6 Å². The number of nitrogens with zero attached hydrogens (tertiary/aromatic N) is 1. The maximum atomic E-state index is 14.6. The van der Waals surface area contributed by atoms with Crippen LogP contribution in [0.25, 0.3) is 0 Å². The van der Waals surface area contributed by atoms with Crippen molar-refractivity contribution in [3.63, 3.8) is 0 Å². The first-order valence-electron chi connectivity index (χ1n) is 26.7. The molecule has 1 amide bonds. The maximum absolute atomic E-state index is 14.6. The lowest BCUT2D eigenvalue weighted by atomic mass is 9.78. The number of carbonyl (C=O) groups is 4. The molecule has 4 N–H and O–H groups in total. The van der Waals surface area contributed by atoms with Gasteiger partial charge in [-0.2, -0.15) is 0 Å². The van der Waals surface area contributed by atoms with Crippen LogP contribution in [0.1, 0.15) is 139 Å². The molecule has 2 bridgehead atoms. The van der Waals surface area contributed by atoms with Gasteiger partial charge in [0.2, 0.25) is 5.79 Å². The lowest BCUT2D eigenvalue weighted by molar-refractivity contribution is -0.265. The average molecular weight is 1010 g/mol. The highest BCUT2D eigenvalue weighted by molar-refractivity contribution is 6.39. The molecule has 0 spiro atoms. The molecule has 406 valence electrons. The fraction of sp³-hybridized carbons (Fsp3) is 0.754. The normalized spacial score (nSPS) is 38.4. The van der Waals surface area contributed by atoms with E-state index in [1.165, 1.54) is 12.0 Å². The van der Waals surface area contributed by atoms with Gasteiger partial charge in [-0.1, -0.05) is 83.9 Å². The molecule has 15 heteroatoms. The van der Waals surface area contributed by atoms with Gasteiger partial charge in [-0.25, -0.2) is 4.79 Å². The first-order valence-corrected chi connectivity index (χ1v) is 26.7. The number of fused-ring (bicyclic) bond motifs is 3. The van der Waals surface area contributed by atoms with E-state index in [1.807, 2.05) is 65.0 Å². The van der Waals surface area contributed by atoms with Crippen LogP contribution in [0.3, 0.4) is 0 Å². The highest BCUT2D eigenvalue weighted by atomic mass is 16.6. The Hall–Kier alpha value is -3.56. The first-order chi connectivity index (χ1) is 34.3. The van der Waals surface area contributed by atoms with Crippen LogP contribution < -0.4 is 0 Å². The molecule has 3 fully saturated rings. The van der Waals surface area contributed by atoms with E-state index in [0.717, 1.165) is 12.0 Å². The molecule has 1 aliphatic carbocycles. The molecule has 4 rings (SSSR count). The fourth-order valence-electron chi connectivity index (χ4n) is 10.9. The van der Waals surface area contributed by atoms with Gasteiger partial charge in [0.25, 0.3) is 11.7 Å². The summed E-state index contributed by atoms with van der Waals surface area (Å²) in [6.07, 6.45) is 12.0. The second kappa shape index (κ2) is 30.1. The number of methoxy groups -OCH3 is 2. The molecule has 72 heavy (non-hydrogen) atoms. The van der Waals surface area contributed by atoms with Crippen molar-refractivity contribution in [2.24, 2.45) is 35.5 Å². The topological polar surface area (TPSA) is 208 Å². The van der Waals surface area contributed by atoms with Gasteiger partial charge in [0.15, 0.2) is 5.78 Å². The number of piperidine rings is 1. The Bertz CT molecular complexity index is 1940. The molecule has 15 nitrogen and oxygen atoms in total. The number of esters is 1. The average Bonchev–Trinajstić information content (AvgIpc) is 3.36. The summed E-state index contributed by atoms with van der Waals surface area (Å²) in [5.41, 5.74) is 1.30. The van der Waals surface area contributed by atoms with Crippen molar-refractivity contribution in [3.05, 3.63) is 47.6 Å². The van der Waals surface area contributed by atoms with Crippen molar-refractivity contribution in [2.45, 2.75) is 200 Å². The largest absolute Gasteiger partial charge is 0.460 e. The van der Waals surface area contributed by atoms with Crippen LogP contribution in [0.4, 0.5) is 0 Å². The number of hydrogen-bond donors (Lipinski definition) is 4. The quantitative estimate of drug-likeness (QED) is 0.0771. The van der Waals surface area contributed by atoms with Crippen molar-refractivity contribution in [1.82, 2.24) is 4.90 Å². The molecule has 0 radical (unpaired) electrons. The number of allylic oxidation sites excluding steroid dienone is 5. The summed E-state index contributed by atoms with van der Waals surface area (Å²) in [6.45, 7) is 15.2. The van der Waals surface area contributed by atoms with Crippen LogP contribution >= 0.6 is 0 Å². The van der Waals surface area contributed by atoms with E-state index in [-0.39, 0.29) is 81.4 Å². The predicted octanol–water partition coefficient (Wildman–Crippen LogP) is 6.77. The number of ether oxygens (including phenoxy) is 6. The highest BCUT2D eigenvalue weighted by Crippen LogP contribution is 2.38. The maximum Gasteiger partial charge on any atom is 0.329 e. The van der Waals surface area contributed by atoms with Crippen molar-refractivity contribution >= 4 is 23.4 Å². The van der Waals surface area contributed by atoms with Crippen LogP contribution in [-0.4, -0.2) is 150 Å². The van der Waals surface area contributed by atoms with Gasteiger partial charge in [-0.15, -0.1) is 5.92 Å².